The lowest BCUT2D eigenvalue weighted by atomic mass is 10.0. The maximum Gasteiger partial charge on any atom is 0.249 e. The van der Waals surface area contributed by atoms with Gasteiger partial charge in [-0.25, -0.2) is 8.42 Å². The van der Waals surface area contributed by atoms with Crippen molar-refractivity contribution >= 4 is 27.3 Å². The summed E-state index contributed by atoms with van der Waals surface area (Å²) in [6.45, 7) is 4.22. The summed E-state index contributed by atoms with van der Waals surface area (Å²) in [4.78, 5) is 4.44. The SMILES string of the molecule is CCc1cccc(CC)c1Nc1nncc(NC2CCS(=O)(=O)C2)n1. The molecule has 3 rings (SSSR count). The van der Waals surface area contributed by atoms with Gasteiger partial charge in [0, 0.05) is 11.7 Å². The van der Waals surface area contributed by atoms with E-state index in [-0.39, 0.29) is 17.5 Å². The molecular formula is C17H23N5O2S. The second-order valence-corrected chi connectivity index (χ2v) is 8.42. The van der Waals surface area contributed by atoms with E-state index >= 15 is 0 Å². The molecule has 134 valence electrons. The summed E-state index contributed by atoms with van der Waals surface area (Å²) in [6, 6.07) is 6.10. The summed E-state index contributed by atoms with van der Waals surface area (Å²) in [7, 11) is -2.93. The molecule has 8 heteroatoms. The Kier molecular flexibility index (Phi) is 5.17. The van der Waals surface area contributed by atoms with E-state index in [0.717, 1.165) is 18.5 Å². The number of hydrogen-bond donors (Lipinski definition) is 2. The second kappa shape index (κ2) is 7.35. The maximum atomic E-state index is 11.6. The van der Waals surface area contributed by atoms with Crippen LogP contribution in [0.5, 0.6) is 0 Å². The molecule has 0 radical (unpaired) electrons. The summed E-state index contributed by atoms with van der Waals surface area (Å²) in [5.74, 6) is 1.30. The molecule has 25 heavy (non-hydrogen) atoms. The van der Waals surface area contributed by atoms with Gasteiger partial charge in [0.25, 0.3) is 0 Å². The summed E-state index contributed by atoms with van der Waals surface area (Å²) < 4.78 is 23.2. The standard InChI is InChI=1S/C17H23N5O2S/c1-3-12-6-5-7-13(4-2)16(12)21-17-20-15(10-18-22-17)19-14-8-9-25(23,24)11-14/h5-7,10,14H,3-4,8-9,11H2,1-2H3,(H2,19,20,21,22). The van der Waals surface area contributed by atoms with Gasteiger partial charge in [-0.05, 0) is 30.4 Å². The molecule has 0 spiro atoms. The number of aromatic nitrogens is 3. The largest absolute Gasteiger partial charge is 0.365 e. The van der Waals surface area contributed by atoms with E-state index in [9.17, 15) is 8.42 Å². The van der Waals surface area contributed by atoms with Crippen LogP contribution >= 0.6 is 0 Å². The second-order valence-electron chi connectivity index (χ2n) is 6.19. The Morgan fingerprint density at radius 2 is 1.92 bits per heavy atom. The molecule has 7 nitrogen and oxygen atoms in total. The first kappa shape index (κ1) is 17.6. The van der Waals surface area contributed by atoms with Crippen LogP contribution in [0.15, 0.2) is 24.4 Å². The zero-order valence-electron chi connectivity index (χ0n) is 14.5. The maximum absolute atomic E-state index is 11.6. The summed E-state index contributed by atoms with van der Waals surface area (Å²) >= 11 is 0. The van der Waals surface area contributed by atoms with Gasteiger partial charge in [0.2, 0.25) is 5.95 Å². The van der Waals surface area contributed by atoms with Crippen molar-refractivity contribution in [3.05, 3.63) is 35.5 Å². The monoisotopic (exact) mass is 361 g/mol. The van der Waals surface area contributed by atoms with Gasteiger partial charge >= 0.3 is 0 Å². The van der Waals surface area contributed by atoms with Crippen molar-refractivity contribution in [1.82, 2.24) is 15.2 Å². The van der Waals surface area contributed by atoms with Crippen molar-refractivity contribution in [2.45, 2.75) is 39.2 Å². The third kappa shape index (κ3) is 4.25. The predicted molar refractivity (Wildman–Crippen MR) is 99.0 cm³/mol. The summed E-state index contributed by atoms with van der Waals surface area (Å²) in [6.07, 6.45) is 3.92. The number of nitrogens with zero attached hydrogens (tertiary/aromatic N) is 3. The molecule has 2 aromatic rings. The average molecular weight is 361 g/mol. The number of hydrogen-bond acceptors (Lipinski definition) is 7. The quantitative estimate of drug-likeness (QED) is 0.815. The predicted octanol–water partition coefficient (Wildman–Crippen LogP) is 2.34. The van der Waals surface area contributed by atoms with Gasteiger partial charge in [-0.3, -0.25) is 0 Å². The van der Waals surface area contributed by atoms with E-state index in [1.165, 1.54) is 17.3 Å². The Hall–Kier alpha value is -2.22. The van der Waals surface area contributed by atoms with Gasteiger partial charge in [-0.15, -0.1) is 5.10 Å². The molecule has 1 atom stereocenters. The normalized spacial score (nSPS) is 18.9. The molecule has 1 aromatic heterocycles. The average Bonchev–Trinajstić information content (AvgIpc) is 2.94. The first-order valence-electron chi connectivity index (χ1n) is 8.55. The van der Waals surface area contributed by atoms with Crippen molar-refractivity contribution < 1.29 is 8.42 Å². The highest BCUT2D eigenvalue weighted by Crippen LogP contribution is 2.25. The lowest BCUT2D eigenvalue weighted by molar-refractivity contribution is 0.602. The molecule has 1 fully saturated rings. The highest BCUT2D eigenvalue weighted by atomic mass is 32.2. The third-order valence-electron chi connectivity index (χ3n) is 4.38. The lowest BCUT2D eigenvalue weighted by Gasteiger charge is -2.15. The number of aryl methyl sites for hydroxylation is 2. The number of sulfone groups is 1. The Morgan fingerprint density at radius 3 is 2.52 bits per heavy atom. The van der Waals surface area contributed by atoms with Crippen molar-refractivity contribution in [3.63, 3.8) is 0 Å². The third-order valence-corrected chi connectivity index (χ3v) is 6.15. The Morgan fingerprint density at radius 1 is 1.20 bits per heavy atom. The van der Waals surface area contributed by atoms with Gasteiger partial charge in [-0.1, -0.05) is 32.0 Å². The van der Waals surface area contributed by atoms with Crippen LogP contribution in [0.2, 0.25) is 0 Å². The smallest absolute Gasteiger partial charge is 0.249 e. The lowest BCUT2D eigenvalue weighted by Crippen LogP contribution is -2.21. The van der Waals surface area contributed by atoms with Crippen LogP contribution in [0.3, 0.4) is 0 Å². The number of nitrogens with one attached hydrogen (secondary N) is 2. The zero-order chi connectivity index (χ0) is 17.9. The minimum Gasteiger partial charge on any atom is -0.365 e. The van der Waals surface area contributed by atoms with Crippen molar-refractivity contribution in [1.29, 1.82) is 0 Å². The number of benzene rings is 1. The fourth-order valence-corrected chi connectivity index (χ4v) is 4.73. The molecule has 1 aliphatic heterocycles. The molecule has 0 bridgehead atoms. The molecule has 1 unspecified atom stereocenters. The molecule has 0 amide bonds. The molecule has 0 aliphatic carbocycles. The van der Waals surface area contributed by atoms with Crippen LogP contribution in [0.4, 0.5) is 17.5 Å². The fraction of sp³-hybridized carbons (Fsp3) is 0.471. The molecule has 1 saturated heterocycles. The molecule has 0 saturated carbocycles. The fourth-order valence-electron chi connectivity index (χ4n) is 3.06. The highest BCUT2D eigenvalue weighted by molar-refractivity contribution is 7.91. The van der Waals surface area contributed by atoms with Crippen LogP contribution in [0, 0.1) is 0 Å². The van der Waals surface area contributed by atoms with Crippen LogP contribution < -0.4 is 10.6 Å². The first-order valence-corrected chi connectivity index (χ1v) is 10.4. The van der Waals surface area contributed by atoms with Crippen molar-refractivity contribution in [2.24, 2.45) is 0 Å². The van der Waals surface area contributed by atoms with E-state index in [2.05, 4.69) is 57.9 Å². The van der Waals surface area contributed by atoms with E-state index in [1.807, 2.05) is 0 Å². The van der Waals surface area contributed by atoms with Crippen LogP contribution in [0.25, 0.3) is 0 Å². The molecular weight excluding hydrogens is 338 g/mol. The van der Waals surface area contributed by atoms with E-state index in [1.54, 1.807) is 0 Å². The van der Waals surface area contributed by atoms with Crippen LogP contribution in [0.1, 0.15) is 31.4 Å². The Labute approximate surface area is 148 Å². The topological polar surface area (TPSA) is 96.9 Å². The first-order chi connectivity index (χ1) is 12.0. The number of anilines is 3. The number of rotatable bonds is 6. The van der Waals surface area contributed by atoms with Crippen LogP contribution in [-0.2, 0) is 22.7 Å². The highest BCUT2D eigenvalue weighted by Gasteiger charge is 2.28. The molecule has 2 heterocycles. The minimum atomic E-state index is -2.93. The van der Waals surface area contributed by atoms with E-state index < -0.39 is 9.84 Å². The van der Waals surface area contributed by atoms with Crippen LogP contribution in [-0.4, -0.2) is 41.1 Å². The van der Waals surface area contributed by atoms with Crippen molar-refractivity contribution in [2.75, 3.05) is 22.1 Å². The minimum absolute atomic E-state index is 0.122. The molecule has 2 N–H and O–H groups in total. The van der Waals surface area contributed by atoms with E-state index in [4.69, 9.17) is 0 Å². The Balaban J connectivity index is 1.79. The van der Waals surface area contributed by atoms with Gasteiger partial charge in [0.15, 0.2) is 15.7 Å². The summed E-state index contributed by atoms with van der Waals surface area (Å²) in [5.41, 5.74) is 3.42. The summed E-state index contributed by atoms with van der Waals surface area (Å²) in [5, 5.41) is 14.5. The van der Waals surface area contributed by atoms with Gasteiger partial charge in [0.05, 0.1) is 17.7 Å². The zero-order valence-corrected chi connectivity index (χ0v) is 15.3. The van der Waals surface area contributed by atoms with Gasteiger partial charge in [0.1, 0.15) is 0 Å². The number of para-hydroxylation sites is 1. The van der Waals surface area contributed by atoms with Gasteiger partial charge in [-0.2, -0.15) is 10.1 Å². The van der Waals surface area contributed by atoms with Gasteiger partial charge < -0.3 is 10.6 Å². The van der Waals surface area contributed by atoms with Crippen molar-refractivity contribution in [3.8, 4) is 0 Å². The molecule has 1 aromatic carbocycles. The van der Waals surface area contributed by atoms with E-state index in [0.29, 0.717) is 18.2 Å². The molecule has 1 aliphatic rings. The Bertz CT molecular complexity index is 832.